The van der Waals surface area contributed by atoms with Gasteiger partial charge in [0.15, 0.2) is 0 Å². The van der Waals surface area contributed by atoms with E-state index in [1.165, 1.54) is 12.0 Å². The second kappa shape index (κ2) is 6.13. The van der Waals surface area contributed by atoms with E-state index in [0.717, 1.165) is 12.8 Å². The Morgan fingerprint density at radius 3 is 2.70 bits per heavy atom. The molecule has 0 saturated heterocycles. The van der Waals surface area contributed by atoms with Gasteiger partial charge in [-0.1, -0.05) is 11.6 Å². The van der Waals surface area contributed by atoms with Gasteiger partial charge in [-0.15, -0.1) is 0 Å². The highest BCUT2D eigenvalue weighted by Gasteiger charge is 2.29. The highest BCUT2D eigenvalue weighted by molar-refractivity contribution is 6.30. The molecule has 20 heavy (non-hydrogen) atoms. The molecule has 6 heteroatoms. The molecule has 0 radical (unpaired) electrons. The van der Waals surface area contributed by atoms with Crippen molar-refractivity contribution in [3.8, 4) is 5.75 Å². The largest absolute Gasteiger partial charge is 0.496 e. The van der Waals surface area contributed by atoms with E-state index in [1.807, 2.05) is 0 Å². The fourth-order valence-corrected chi connectivity index (χ4v) is 2.17. The van der Waals surface area contributed by atoms with E-state index in [2.05, 4.69) is 0 Å². The number of hydrogen-bond donors (Lipinski definition) is 1. The number of aliphatic carboxylic acids is 1. The molecular weight excluding hydrogens is 282 g/mol. The summed E-state index contributed by atoms with van der Waals surface area (Å²) in [5, 5.41) is 9.40. The third kappa shape index (κ3) is 3.63. The van der Waals surface area contributed by atoms with Crippen molar-refractivity contribution in [3.63, 3.8) is 0 Å². The molecule has 0 spiro atoms. The van der Waals surface area contributed by atoms with Crippen LogP contribution in [0.5, 0.6) is 5.75 Å². The molecule has 5 nitrogen and oxygen atoms in total. The Bertz CT molecular complexity index is 528. The summed E-state index contributed by atoms with van der Waals surface area (Å²) in [5.41, 5.74) is 0.332. The maximum atomic E-state index is 12.5. The van der Waals surface area contributed by atoms with Gasteiger partial charge in [0, 0.05) is 11.6 Å². The van der Waals surface area contributed by atoms with E-state index in [1.54, 1.807) is 18.2 Å². The van der Waals surface area contributed by atoms with E-state index in [9.17, 15) is 9.59 Å². The van der Waals surface area contributed by atoms with Crippen LogP contribution in [-0.2, 0) is 4.79 Å². The molecule has 0 bridgehead atoms. The normalized spacial score (nSPS) is 13.9. The van der Waals surface area contributed by atoms with Gasteiger partial charge in [0.05, 0.1) is 12.7 Å². The molecule has 108 valence electrons. The summed E-state index contributed by atoms with van der Waals surface area (Å²) in [4.78, 5) is 24.7. The summed E-state index contributed by atoms with van der Waals surface area (Å²) in [5.74, 6) is -0.593. The van der Waals surface area contributed by atoms with Gasteiger partial charge in [0.25, 0.3) is 5.91 Å². The van der Waals surface area contributed by atoms with Crippen molar-refractivity contribution in [2.45, 2.75) is 12.8 Å². The molecule has 1 aliphatic carbocycles. The van der Waals surface area contributed by atoms with Gasteiger partial charge < -0.3 is 14.7 Å². The number of nitrogens with zero attached hydrogens (tertiary/aromatic N) is 1. The Kier molecular flexibility index (Phi) is 4.49. The van der Waals surface area contributed by atoms with Crippen molar-refractivity contribution >= 4 is 23.5 Å². The first-order chi connectivity index (χ1) is 9.51. The number of benzene rings is 1. The number of carbonyl (C=O) groups excluding carboxylic acids is 1. The third-order valence-corrected chi connectivity index (χ3v) is 3.42. The molecule has 0 unspecified atom stereocenters. The lowest BCUT2D eigenvalue weighted by molar-refractivity contribution is -0.137. The Balaban J connectivity index is 2.23. The smallest absolute Gasteiger partial charge is 0.323 e. The Labute approximate surface area is 122 Å². The topological polar surface area (TPSA) is 66.8 Å². The number of carbonyl (C=O) groups is 2. The minimum atomic E-state index is -1.02. The van der Waals surface area contributed by atoms with Crippen LogP contribution in [0.15, 0.2) is 18.2 Å². The quantitative estimate of drug-likeness (QED) is 0.875. The van der Waals surface area contributed by atoms with Crippen LogP contribution in [0.25, 0.3) is 0 Å². The fourth-order valence-electron chi connectivity index (χ4n) is 2.01. The predicted octanol–water partition coefficient (Wildman–Crippen LogP) is 2.29. The molecule has 0 heterocycles. The van der Waals surface area contributed by atoms with Gasteiger partial charge in [0.1, 0.15) is 12.3 Å². The van der Waals surface area contributed by atoms with Gasteiger partial charge in [-0.25, -0.2) is 0 Å². The van der Waals surface area contributed by atoms with Crippen LogP contribution in [-0.4, -0.2) is 42.1 Å². The van der Waals surface area contributed by atoms with Gasteiger partial charge >= 0.3 is 5.97 Å². The molecule has 1 saturated carbocycles. The number of carboxylic acid groups (broad SMARTS) is 1. The first-order valence-corrected chi connectivity index (χ1v) is 6.73. The number of ether oxygens (including phenoxy) is 1. The van der Waals surface area contributed by atoms with E-state index >= 15 is 0 Å². The van der Waals surface area contributed by atoms with Crippen LogP contribution >= 0.6 is 11.6 Å². The first-order valence-electron chi connectivity index (χ1n) is 6.36. The highest BCUT2D eigenvalue weighted by Crippen LogP contribution is 2.31. The lowest BCUT2D eigenvalue weighted by Gasteiger charge is -2.21. The van der Waals surface area contributed by atoms with Gasteiger partial charge in [-0.3, -0.25) is 9.59 Å². The van der Waals surface area contributed by atoms with Crippen molar-refractivity contribution in [1.29, 1.82) is 0 Å². The van der Waals surface area contributed by atoms with E-state index < -0.39 is 5.97 Å². The van der Waals surface area contributed by atoms with E-state index in [4.69, 9.17) is 21.4 Å². The Morgan fingerprint density at radius 1 is 1.45 bits per heavy atom. The number of halogens is 1. The van der Waals surface area contributed by atoms with Crippen LogP contribution in [0.2, 0.25) is 5.02 Å². The van der Waals surface area contributed by atoms with Crippen molar-refractivity contribution in [1.82, 2.24) is 4.90 Å². The zero-order chi connectivity index (χ0) is 14.7. The highest BCUT2D eigenvalue weighted by atomic mass is 35.5. The third-order valence-electron chi connectivity index (χ3n) is 3.18. The second-order valence-corrected chi connectivity index (χ2v) is 5.30. The first kappa shape index (κ1) is 14.7. The molecule has 0 aromatic heterocycles. The SMILES string of the molecule is COc1cc(Cl)ccc1C(=O)N(CC(=O)O)CC1CC1. The molecule has 1 aromatic rings. The van der Waals surface area contributed by atoms with Crippen molar-refractivity contribution in [2.75, 3.05) is 20.2 Å². The zero-order valence-electron chi connectivity index (χ0n) is 11.1. The van der Waals surface area contributed by atoms with Gasteiger partial charge in [0.2, 0.25) is 0 Å². The summed E-state index contributed by atoms with van der Waals surface area (Å²) in [6.45, 7) is 0.165. The molecular formula is C14H16ClNO4. The van der Waals surface area contributed by atoms with Crippen molar-refractivity contribution in [2.24, 2.45) is 5.92 Å². The summed E-state index contributed by atoms with van der Waals surface area (Å²) < 4.78 is 5.14. The monoisotopic (exact) mass is 297 g/mol. The van der Waals surface area contributed by atoms with Crippen LogP contribution in [0, 0.1) is 5.92 Å². The summed E-state index contributed by atoms with van der Waals surface area (Å²) in [6, 6.07) is 4.70. The van der Waals surface area contributed by atoms with Crippen molar-refractivity contribution in [3.05, 3.63) is 28.8 Å². The molecule has 1 amide bonds. The minimum absolute atomic E-state index is 0.304. The number of amides is 1. The molecule has 0 atom stereocenters. The number of hydrogen-bond acceptors (Lipinski definition) is 3. The maximum Gasteiger partial charge on any atom is 0.323 e. The number of methoxy groups -OCH3 is 1. The van der Waals surface area contributed by atoms with E-state index in [0.29, 0.717) is 28.8 Å². The lowest BCUT2D eigenvalue weighted by atomic mass is 10.1. The predicted molar refractivity (Wildman–Crippen MR) is 74.3 cm³/mol. The van der Waals surface area contributed by atoms with Crippen LogP contribution in [0.3, 0.4) is 0 Å². The van der Waals surface area contributed by atoms with E-state index in [-0.39, 0.29) is 12.5 Å². The summed E-state index contributed by atoms with van der Waals surface area (Å²) in [6.07, 6.45) is 2.09. The minimum Gasteiger partial charge on any atom is -0.496 e. The number of rotatable bonds is 6. The standard InChI is InChI=1S/C14H16ClNO4/c1-20-12-6-10(15)4-5-11(12)14(19)16(8-13(17)18)7-9-2-3-9/h4-6,9H,2-3,7-8H2,1H3,(H,17,18). The molecule has 1 aromatic carbocycles. The fraction of sp³-hybridized carbons (Fsp3) is 0.429. The van der Waals surface area contributed by atoms with Crippen LogP contribution in [0.4, 0.5) is 0 Å². The average molecular weight is 298 g/mol. The Hall–Kier alpha value is -1.75. The number of carboxylic acids is 1. The molecule has 1 aliphatic rings. The van der Waals surface area contributed by atoms with Crippen LogP contribution in [0.1, 0.15) is 23.2 Å². The van der Waals surface area contributed by atoms with Crippen LogP contribution < -0.4 is 4.74 Å². The average Bonchev–Trinajstić information content (AvgIpc) is 3.20. The molecule has 1 N–H and O–H groups in total. The van der Waals surface area contributed by atoms with Crippen molar-refractivity contribution < 1.29 is 19.4 Å². The lowest BCUT2D eigenvalue weighted by Crippen LogP contribution is -2.37. The second-order valence-electron chi connectivity index (χ2n) is 4.87. The van der Waals surface area contributed by atoms with Gasteiger partial charge in [-0.2, -0.15) is 0 Å². The summed E-state index contributed by atoms with van der Waals surface area (Å²) in [7, 11) is 1.45. The molecule has 2 rings (SSSR count). The summed E-state index contributed by atoms with van der Waals surface area (Å²) >= 11 is 5.86. The molecule has 1 fully saturated rings. The Morgan fingerprint density at radius 2 is 2.15 bits per heavy atom. The zero-order valence-corrected chi connectivity index (χ0v) is 11.9. The maximum absolute atomic E-state index is 12.5. The van der Waals surface area contributed by atoms with Gasteiger partial charge in [-0.05, 0) is 37.0 Å². The molecule has 0 aliphatic heterocycles.